The van der Waals surface area contributed by atoms with Crippen molar-refractivity contribution >= 4 is 29.1 Å². The van der Waals surface area contributed by atoms with Crippen molar-refractivity contribution in [1.82, 2.24) is 0 Å². The molecule has 0 spiro atoms. The van der Waals surface area contributed by atoms with E-state index in [0.717, 1.165) is 28.9 Å². The van der Waals surface area contributed by atoms with Gasteiger partial charge in [0.15, 0.2) is 0 Å². The summed E-state index contributed by atoms with van der Waals surface area (Å²) in [6, 6.07) is 28.4. The number of hydrogen-bond acceptors (Lipinski definition) is 3. The average molecular weight is 341 g/mol. The smallest absolute Gasteiger partial charge is 0.335 e. The Labute approximate surface area is 153 Å². The molecule has 0 radical (unpaired) electrons. The maximum atomic E-state index is 11.4. The fraction of sp³-hybridized carbons (Fsp3) is 0. The molecular weight excluding hydrogens is 322 g/mol. The summed E-state index contributed by atoms with van der Waals surface area (Å²) >= 11 is 0. The second-order valence-electron chi connectivity index (χ2n) is 5.53. The normalized spacial score (nSPS) is 10.5. The summed E-state index contributed by atoms with van der Waals surface area (Å²) in [7, 11) is 0. The lowest BCUT2D eigenvalue weighted by Crippen LogP contribution is -2.09. The van der Waals surface area contributed by atoms with Crippen LogP contribution in [0.4, 0.5) is 17.1 Å². The first-order valence-electron chi connectivity index (χ1n) is 8.28. The van der Waals surface area contributed by atoms with Gasteiger partial charge in [-0.1, -0.05) is 55.1 Å². The first-order valence-corrected chi connectivity index (χ1v) is 8.28. The molecule has 0 amide bonds. The van der Waals surface area contributed by atoms with E-state index in [4.69, 9.17) is 0 Å². The predicted octanol–water partition coefficient (Wildman–Crippen LogP) is 5.86. The van der Waals surface area contributed by atoms with E-state index < -0.39 is 5.97 Å². The maximum Gasteiger partial charge on any atom is 0.335 e. The summed E-state index contributed by atoms with van der Waals surface area (Å²) in [6.45, 7) is 3.36. The highest BCUT2D eigenvalue weighted by molar-refractivity contribution is 5.87. The Balaban J connectivity index is 1.90. The Hall–Kier alpha value is -3.59. The number of para-hydroxylation sites is 2. The summed E-state index contributed by atoms with van der Waals surface area (Å²) in [5, 5.41) is 0. The Morgan fingerprint density at radius 2 is 1.27 bits per heavy atom. The number of hydrogen-bond donors (Lipinski definition) is 0. The van der Waals surface area contributed by atoms with Crippen LogP contribution < -0.4 is 4.90 Å². The zero-order valence-electron chi connectivity index (χ0n) is 14.3. The number of ether oxygens (including phenoxy) is 1. The lowest BCUT2D eigenvalue weighted by atomic mass is 10.1. The molecule has 0 aliphatic rings. The van der Waals surface area contributed by atoms with Gasteiger partial charge in [-0.3, -0.25) is 0 Å². The number of benzene rings is 3. The molecule has 0 aliphatic carbocycles. The molecule has 0 N–H and O–H groups in total. The summed E-state index contributed by atoms with van der Waals surface area (Å²) in [4.78, 5) is 13.6. The molecular formula is C23H19NO2. The van der Waals surface area contributed by atoms with Crippen molar-refractivity contribution < 1.29 is 9.53 Å². The summed E-state index contributed by atoms with van der Waals surface area (Å²) < 4.78 is 4.67. The van der Waals surface area contributed by atoms with Crippen molar-refractivity contribution in [3.8, 4) is 0 Å². The van der Waals surface area contributed by atoms with Gasteiger partial charge in [0.2, 0.25) is 0 Å². The van der Waals surface area contributed by atoms with Crippen molar-refractivity contribution in [1.29, 1.82) is 0 Å². The number of esters is 1. The largest absolute Gasteiger partial charge is 0.432 e. The highest BCUT2D eigenvalue weighted by Gasteiger charge is 2.11. The molecule has 0 saturated carbocycles. The van der Waals surface area contributed by atoms with Crippen LogP contribution in [0.1, 0.15) is 5.56 Å². The molecule has 0 saturated heterocycles. The molecule has 0 heterocycles. The van der Waals surface area contributed by atoms with Gasteiger partial charge in [-0.05, 0) is 48.0 Å². The Bertz CT molecular complexity index is 845. The molecule has 3 rings (SSSR count). The lowest BCUT2D eigenvalue weighted by molar-refractivity contribution is -0.132. The fourth-order valence-corrected chi connectivity index (χ4v) is 2.62. The van der Waals surface area contributed by atoms with Crippen LogP contribution in [0.3, 0.4) is 0 Å². The van der Waals surface area contributed by atoms with Crippen LogP contribution in [0.15, 0.2) is 104 Å². The average Bonchev–Trinajstić information content (AvgIpc) is 2.69. The Kier molecular flexibility index (Phi) is 5.63. The quantitative estimate of drug-likeness (QED) is 0.320. The Morgan fingerprint density at radius 1 is 0.769 bits per heavy atom. The molecule has 0 bridgehead atoms. The van der Waals surface area contributed by atoms with E-state index in [9.17, 15) is 4.79 Å². The molecule has 0 unspecified atom stereocenters. The minimum absolute atomic E-state index is 0.445. The second-order valence-corrected chi connectivity index (χ2v) is 5.53. The lowest BCUT2D eigenvalue weighted by Gasteiger charge is -2.25. The number of anilines is 3. The van der Waals surface area contributed by atoms with E-state index >= 15 is 0 Å². The number of carbonyl (C=O) groups excluding carboxylic acids is 1. The van der Waals surface area contributed by atoms with Crippen LogP contribution in [0.5, 0.6) is 0 Å². The zero-order chi connectivity index (χ0) is 18.2. The molecule has 0 atom stereocenters. The molecule has 3 nitrogen and oxygen atoms in total. The van der Waals surface area contributed by atoms with Crippen LogP contribution >= 0.6 is 0 Å². The van der Waals surface area contributed by atoms with Crippen LogP contribution in [0.25, 0.3) is 6.08 Å². The molecule has 0 aromatic heterocycles. The van der Waals surface area contributed by atoms with Gasteiger partial charge in [-0.2, -0.15) is 0 Å². The molecule has 26 heavy (non-hydrogen) atoms. The minimum atomic E-state index is -0.445. The van der Waals surface area contributed by atoms with Crippen LogP contribution in [-0.4, -0.2) is 5.97 Å². The van der Waals surface area contributed by atoms with E-state index in [2.05, 4.69) is 40.5 Å². The Morgan fingerprint density at radius 3 is 1.77 bits per heavy atom. The third-order valence-electron chi connectivity index (χ3n) is 3.79. The molecule has 3 aromatic carbocycles. The fourth-order valence-electron chi connectivity index (χ4n) is 2.62. The van der Waals surface area contributed by atoms with Gasteiger partial charge in [0.25, 0.3) is 0 Å². The van der Waals surface area contributed by atoms with Crippen molar-refractivity contribution in [2.45, 2.75) is 0 Å². The van der Waals surface area contributed by atoms with Gasteiger partial charge in [-0.25, -0.2) is 4.79 Å². The number of carbonyl (C=O) groups is 1. The summed E-state index contributed by atoms with van der Waals surface area (Å²) in [5.41, 5.74) is 4.11. The number of nitrogens with zero attached hydrogens (tertiary/aromatic N) is 1. The topological polar surface area (TPSA) is 29.5 Å². The first kappa shape index (κ1) is 17.2. The minimum Gasteiger partial charge on any atom is -0.432 e. The SMILES string of the molecule is C=COC(=O)/C=C/c1ccc(N(c2ccccc2)c2ccccc2)cc1. The third kappa shape index (κ3) is 4.28. The van der Waals surface area contributed by atoms with Crippen molar-refractivity contribution in [2.24, 2.45) is 0 Å². The van der Waals surface area contributed by atoms with Gasteiger partial charge in [0.1, 0.15) is 0 Å². The summed E-state index contributed by atoms with van der Waals surface area (Å²) in [6.07, 6.45) is 4.21. The van der Waals surface area contributed by atoms with E-state index in [1.165, 1.54) is 6.08 Å². The third-order valence-corrected chi connectivity index (χ3v) is 3.79. The molecule has 3 aromatic rings. The van der Waals surface area contributed by atoms with E-state index in [1.807, 2.05) is 60.7 Å². The monoisotopic (exact) mass is 341 g/mol. The highest BCUT2D eigenvalue weighted by Crippen LogP contribution is 2.34. The summed E-state index contributed by atoms with van der Waals surface area (Å²) in [5.74, 6) is -0.445. The van der Waals surface area contributed by atoms with Gasteiger partial charge < -0.3 is 9.64 Å². The van der Waals surface area contributed by atoms with Crippen LogP contribution in [-0.2, 0) is 9.53 Å². The predicted molar refractivity (Wildman–Crippen MR) is 106 cm³/mol. The maximum absolute atomic E-state index is 11.4. The van der Waals surface area contributed by atoms with E-state index in [0.29, 0.717) is 0 Å². The van der Waals surface area contributed by atoms with Crippen molar-refractivity contribution in [3.63, 3.8) is 0 Å². The number of rotatable bonds is 6. The van der Waals surface area contributed by atoms with E-state index in [1.54, 1.807) is 6.08 Å². The molecule has 0 fully saturated rings. The second kappa shape index (κ2) is 8.49. The van der Waals surface area contributed by atoms with Gasteiger partial charge in [-0.15, -0.1) is 0 Å². The zero-order valence-corrected chi connectivity index (χ0v) is 14.3. The molecule has 128 valence electrons. The van der Waals surface area contributed by atoms with Crippen LogP contribution in [0, 0.1) is 0 Å². The van der Waals surface area contributed by atoms with Crippen molar-refractivity contribution in [2.75, 3.05) is 4.90 Å². The standard InChI is InChI=1S/C23H19NO2/c1-2-26-23(25)18-15-19-13-16-22(17-14-19)24(20-9-5-3-6-10-20)21-11-7-4-8-12-21/h2-18H,1H2/b18-15+. The molecule has 3 heteroatoms. The van der Waals surface area contributed by atoms with Crippen molar-refractivity contribution in [3.05, 3.63) is 109 Å². The first-order chi connectivity index (χ1) is 12.8. The molecule has 0 aliphatic heterocycles. The van der Waals surface area contributed by atoms with Gasteiger partial charge >= 0.3 is 5.97 Å². The van der Waals surface area contributed by atoms with Gasteiger partial charge in [0, 0.05) is 23.1 Å². The van der Waals surface area contributed by atoms with Gasteiger partial charge in [0.05, 0.1) is 6.26 Å². The highest BCUT2D eigenvalue weighted by atomic mass is 16.5. The van der Waals surface area contributed by atoms with E-state index in [-0.39, 0.29) is 0 Å². The van der Waals surface area contributed by atoms with Crippen LogP contribution in [0.2, 0.25) is 0 Å².